The Hall–Kier alpha value is -0.120. The highest BCUT2D eigenvalue weighted by Crippen LogP contribution is 2.25. The zero-order chi connectivity index (χ0) is 12.0. The van der Waals surface area contributed by atoms with E-state index < -0.39 is 0 Å². The Balaban J connectivity index is 2.28. The maximum atomic E-state index is 9.45. The summed E-state index contributed by atoms with van der Waals surface area (Å²) in [4.78, 5) is 0. The molecule has 2 unspecified atom stereocenters. The van der Waals surface area contributed by atoms with Crippen molar-refractivity contribution in [2.75, 3.05) is 13.2 Å². The molecule has 0 heterocycles. The van der Waals surface area contributed by atoms with Crippen LogP contribution in [0.15, 0.2) is 0 Å². The molecule has 2 N–H and O–H groups in total. The molecule has 0 radical (unpaired) electrons. The summed E-state index contributed by atoms with van der Waals surface area (Å²) in [5.74, 6) is 0. The summed E-state index contributed by atoms with van der Waals surface area (Å²) in [5.41, 5.74) is -0.195. The Bertz CT molecular complexity index is 194. The second-order valence-corrected chi connectivity index (χ2v) is 5.35. The van der Waals surface area contributed by atoms with Crippen molar-refractivity contribution in [2.24, 2.45) is 0 Å². The molecular weight excluding hydrogens is 202 g/mol. The van der Waals surface area contributed by atoms with Gasteiger partial charge in [-0.1, -0.05) is 6.92 Å². The van der Waals surface area contributed by atoms with Gasteiger partial charge in [-0.25, -0.2) is 0 Å². The van der Waals surface area contributed by atoms with Crippen molar-refractivity contribution in [2.45, 2.75) is 70.6 Å². The SMILES string of the molecule is CCCNC(C)(CO)CC(C)OC1CCC1. The van der Waals surface area contributed by atoms with E-state index in [4.69, 9.17) is 4.74 Å². The molecule has 3 nitrogen and oxygen atoms in total. The van der Waals surface area contributed by atoms with Crippen LogP contribution in [0, 0.1) is 0 Å². The molecule has 1 aliphatic carbocycles. The van der Waals surface area contributed by atoms with Crippen LogP contribution in [0.4, 0.5) is 0 Å². The predicted molar refractivity (Wildman–Crippen MR) is 66.6 cm³/mol. The highest BCUT2D eigenvalue weighted by Gasteiger charge is 2.28. The molecule has 1 fully saturated rings. The van der Waals surface area contributed by atoms with E-state index in [1.165, 1.54) is 19.3 Å². The summed E-state index contributed by atoms with van der Waals surface area (Å²) in [6.07, 6.45) is 6.40. The molecule has 96 valence electrons. The van der Waals surface area contributed by atoms with Crippen LogP contribution in [0.2, 0.25) is 0 Å². The van der Waals surface area contributed by atoms with Crippen LogP contribution in [0.3, 0.4) is 0 Å². The molecular formula is C13H27NO2. The lowest BCUT2D eigenvalue weighted by Crippen LogP contribution is -2.48. The van der Waals surface area contributed by atoms with E-state index in [1.54, 1.807) is 0 Å². The summed E-state index contributed by atoms with van der Waals surface area (Å²) < 4.78 is 5.91. The maximum absolute atomic E-state index is 9.45. The topological polar surface area (TPSA) is 41.5 Å². The van der Waals surface area contributed by atoms with Gasteiger partial charge in [-0.2, -0.15) is 0 Å². The Morgan fingerprint density at radius 3 is 2.62 bits per heavy atom. The number of ether oxygens (including phenoxy) is 1. The van der Waals surface area contributed by atoms with Crippen molar-refractivity contribution in [3.8, 4) is 0 Å². The first-order valence-corrected chi connectivity index (χ1v) is 6.61. The largest absolute Gasteiger partial charge is 0.394 e. The van der Waals surface area contributed by atoms with Gasteiger partial charge in [-0.05, 0) is 52.5 Å². The summed E-state index contributed by atoms with van der Waals surface area (Å²) in [5, 5.41) is 12.9. The number of rotatable bonds is 8. The highest BCUT2D eigenvalue weighted by molar-refractivity contribution is 4.85. The number of nitrogens with one attached hydrogen (secondary N) is 1. The molecule has 0 spiro atoms. The number of aliphatic hydroxyl groups is 1. The van der Waals surface area contributed by atoms with E-state index in [2.05, 4.69) is 26.1 Å². The zero-order valence-electron chi connectivity index (χ0n) is 11.0. The van der Waals surface area contributed by atoms with Gasteiger partial charge in [0.25, 0.3) is 0 Å². The average molecular weight is 229 g/mol. The molecule has 0 aliphatic heterocycles. The summed E-state index contributed by atoms with van der Waals surface area (Å²) in [6, 6.07) is 0. The van der Waals surface area contributed by atoms with E-state index >= 15 is 0 Å². The summed E-state index contributed by atoms with van der Waals surface area (Å²) >= 11 is 0. The number of hydrogen-bond acceptors (Lipinski definition) is 3. The van der Waals surface area contributed by atoms with Gasteiger partial charge in [-0.3, -0.25) is 0 Å². The minimum atomic E-state index is -0.195. The van der Waals surface area contributed by atoms with Crippen LogP contribution in [0.5, 0.6) is 0 Å². The van der Waals surface area contributed by atoms with Gasteiger partial charge in [0.05, 0.1) is 18.8 Å². The second-order valence-electron chi connectivity index (χ2n) is 5.35. The first-order valence-electron chi connectivity index (χ1n) is 6.61. The third-order valence-corrected chi connectivity index (χ3v) is 3.37. The molecule has 16 heavy (non-hydrogen) atoms. The molecule has 0 bridgehead atoms. The lowest BCUT2D eigenvalue weighted by atomic mass is 9.93. The van der Waals surface area contributed by atoms with Crippen LogP contribution in [-0.2, 0) is 4.74 Å². The standard InChI is InChI=1S/C13H27NO2/c1-4-8-14-13(3,10-15)9-11(2)16-12-6-5-7-12/h11-12,14-15H,4-10H2,1-3H3. The van der Waals surface area contributed by atoms with E-state index in [-0.39, 0.29) is 18.2 Å². The van der Waals surface area contributed by atoms with Crippen LogP contribution >= 0.6 is 0 Å². The minimum absolute atomic E-state index is 0.172. The number of aliphatic hydroxyl groups excluding tert-OH is 1. The second kappa shape index (κ2) is 6.58. The first-order chi connectivity index (χ1) is 7.59. The molecule has 1 rings (SSSR count). The fraction of sp³-hybridized carbons (Fsp3) is 1.00. The Labute approximate surface area is 99.6 Å². The minimum Gasteiger partial charge on any atom is -0.394 e. The zero-order valence-corrected chi connectivity index (χ0v) is 11.0. The van der Waals surface area contributed by atoms with Crippen LogP contribution in [-0.4, -0.2) is 36.0 Å². The van der Waals surface area contributed by atoms with Gasteiger partial charge in [0.15, 0.2) is 0 Å². The van der Waals surface area contributed by atoms with Crippen molar-refractivity contribution in [1.82, 2.24) is 5.32 Å². The smallest absolute Gasteiger partial charge is 0.0611 e. The third kappa shape index (κ3) is 4.40. The van der Waals surface area contributed by atoms with Gasteiger partial charge in [0, 0.05) is 5.54 Å². The van der Waals surface area contributed by atoms with Gasteiger partial charge in [0.1, 0.15) is 0 Å². The van der Waals surface area contributed by atoms with Crippen LogP contribution in [0.1, 0.15) is 52.9 Å². The van der Waals surface area contributed by atoms with Gasteiger partial charge in [-0.15, -0.1) is 0 Å². The van der Waals surface area contributed by atoms with Crippen molar-refractivity contribution in [3.63, 3.8) is 0 Å². The highest BCUT2D eigenvalue weighted by atomic mass is 16.5. The normalized spacial score (nSPS) is 22.5. The van der Waals surface area contributed by atoms with Gasteiger partial charge >= 0.3 is 0 Å². The van der Waals surface area contributed by atoms with E-state index in [0.717, 1.165) is 19.4 Å². The Morgan fingerprint density at radius 1 is 1.50 bits per heavy atom. The third-order valence-electron chi connectivity index (χ3n) is 3.37. The fourth-order valence-corrected chi connectivity index (χ4v) is 2.14. The number of hydrogen-bond donors (Lipinski definition) is 2. The molecule has 1 saturated carbocycles. The van der Waals surface area contributed by atoms with Crippen molar-refractivity contribution >= 4 is 0 Å². The van der Waals surface area contributed by atoms with E-state index in [9.17, 15) is 5.11 Å². The van der Waals surface area contributed by atoms with E-state index in [1.807, 2.05) is 0 Å². The quantitative estimate of drug-likeness (QED) is 0.669. The predicted octanol–water partition coefficient (Wildman–Crippen LogP) is 2.08. The molecule has 0 aromatic carbocycles. The maximum Gasteiger partial charge on any atom is 0.0611 e. The van der Waals surface area contributed by atoms with Crippen LogP contribution < -0.4 is 5.32 Å². The first kappa shape index (κ1) is 13.9. The van der Waals surface area contributed by atoms with Crippen molar-refractivity contribution in [3.05, 3.63) is 0 Å². The molecule has 0 amide bonds. The Morgan fingerprint density at radius 2 is 2.19 bits per heavy atom. The van der Waals surface area contributed by atoms with Gasteiger partial charge in [0.2, 0.25) is 0 Å². The molecule has 0 aromatic rings. The van der Waals surface area contributed by atoms with Crippen molar-refractivity contribution < 1.29 is 9.84 Å². The van der Waals surface area contributed by atoms with E-state index in [0.29, 0.717) is 6.10 Å². The molecule has 2 atom stereocenters. The summed E-state index contributed by atoms with van der Waals surface area (Å²) in [6.45, 7) is 7.45. The molecule has 0 saturated heterocycles. The molecule has 3 heteroatoms. The molecule has 1 aliphatic rings. The lowest BCUT2D eigenvalue weighted by molar-refractivity contribution is -0.0585. The lowest BCUT2D eigenvalue weighted by Gasteiger charge is -2.35. The van der Waals surface area contributed by atoms with Crippen LogP contribution in [0.25, 0.3) is 0 Å². The molecule has 0 aromatic heterocycles. The van der Waals surface area contributed by atoms with Gasteiger partial charge < -0.3 is 15.2 Å². The summed E-state index contributed by atoms with van der Waals surface area (Å²) in [7, 11) is 0. The average Bonchev–Trinajstić information content (AvgIpc) is 2.21. The fourth-order valence-electron chi connectivity index (χ4n) is 2.14. The monoisotopic (exact) mass is 229 g/mol. The van der Waals surface area contributed by atoms with Crippen molar-refractivity contribution in [1.29, 1.82) is 0 Å². The Kier molecular flexibility index (Phi) is 5.73.